The number of nitrogens with zero attached hydrogens (tertiary/aromatic N) is 3. The summed E-state index contributed by atoms with van der Waals surface area (Å²) in [5.74, 6) is -0.270. The molecule has 1 unspecified atom stereocenters. The molecule has 0 saturated heterocycles. The van der Waals surface area contributed by atoms with Crippen LogP contribution >= 0.6 is 11.8 Å². The number of carbonyl (C=O) groups excluding carboxylic acids is 1. The van der Waals surface area contributed by atoms with Crippen molar-refractivity contribution >= 4 is 17.7 Å². The molecule has 0 spiro atoms. The third-order valence-electron chi connectivity index (χ3n) is 3.58. The molecule has 0 aliphatic rings. The van der Waals surface area contributed by atoms with Crippen molar-refractivity contribution in [3.8, 4) is 0 Å². The highest BCUT2D eigenvalue weighted by molar-refractivity contribution is 8.00. The zero-order valence-electron chi connectivity index (χ0n) is 14.1. The van der Waals surface area contributed by atoms with Crippen molar-refractivity contribution in [3.05, 3.63) is 82.2 Å². The Morgan fingerprint density at radius 3 is 2.16 bits per heavy atom. The molecule has 2 aromatic rings. The maximum Gasteiger partial charge on any atom is 0.306 e. The lowest BCUT2D eigenvalue weighted by Gasteiger charge is -2.23. The fraction of sp³-hybridized carbons (Fsp3) is 0.316. The van der Waals surface area contributed by atoms with Gasteiger partial charge in [0.05, 0.1) is 18.3 Å². The summed E-state index contributed by atoms with van der Waals surface area (Å²) in [4.78, 5) is 14.7. The fourth-order valence-corrected chi connectivity index (χ4v) is 3.89. The Labute approximate surface area is 152 Å². The first-order chi connectivity index (χ1) is 12.2. The van der Waals surface area contributed by atoms with Gasteiger partial charge in [-0.3, -0.25) is 4.79 Å². The second-order valence-electron chi connectivity index (χ2n) is 5.38. The average Bonchev–Trinajstić information content (AvgIpc) is 2.65. The number of hydrogen-bond donors (Lipinski definition) is 0. The quantitative estimate of drug-likeness (QED) is 0.270. The summed E-state index contributed by atoms with van der Waals surface area (Å²) in [7, 11) is 0. The van der Waals surface area contributed by atoms with Gasteiger partial charge in [-0.1, -0.05) is 65.8 Å². The van der Waals surface area contributed by atoms with Gasteiger partial charge in [0.25, 0.3) is 0 Å². The Hall–Kier alpha value is -2.43. The number of azide groups is 1. The number of carbonyl (C=O) groups is 1. The summed E-state index contributed by atoms with van der Waals surface area (Å²) in [5.41, 5.74) is 10.9. The molecule has 2 rings (SSSR count). The number of rotatable bonds is 9. The van der Waals surface area contributed by atoms with Crippen molar-refractivity contribution in [1.29, 1.82) is 0 Å². The monoisotopic (exact) mass is 355 g/mol. The molecule has 0 aliphatic carbocycles. The van der Waals surface area contributed by atoms with Gasteiger partial charge in [0.2, 0.25) is 0 Å². The third-order valence-corrected chi connectivity index (χ3v) is 5.10. The van der Waals surface area contributed by atoms with Crippen molar-refractivity contribution < 1.29 is 9.53 Å². The van der Waals surface area contributed by atoms with E-state index in [4.69, 9.17) is 10.3 Å². The van der Waals surface area contributed by atoms with Gasteiger partial charge in [0.1, 0.15) is 0 Å². The summed E-state index contributed by atoms with van der Waals surface area (Å²) < 4.78 is 5.06. The zero-order valence-corrected chi connectivity index (χ0v) is 14.9. The molecule has 0 aliphatic heterocycles. The number of hydrogen-bond acceptors (Lipinski definition) is 4. The summed E-state index contributed by atoms with van der Waals surface area (Å²) in [5, 5.41) is 3.58. The van der Waals surface area contributed by atoms with Crippen LogP contribution in [0.3, 0.4) is 0 Å². The Balaban J connectivity index is 2.25. The standard InChI is InChI=1S/C19H21N3O2S/c1-2-24-18(23)13-17(14-21-22-20)25-19(15-9-5-3-6-10-15)16-11-7-4-8-12-16/h3-12,17,19H,2,13-14H2,1H3. The Morgan fingerprint density at radius 2 is 1.68 bits per heavy atom. The lowest BCUT2D eigenvalue weighted by atomic mass is 10.0. The first-order valence-electron chi connectivity index (χ1n) is 8.16. The van der Waals surface area contributed by atoms with Gasteiger partial charge in [-0.2, -0.15) is 0 Å². The molecule has 0 heterocycles. The van der Waals surface area contributed by atoms with Crippen LogP contribution in [0.4, 0.5) is 0 Å². The van der Waals surface area contributed by atoms with Crippen molar-refractivity contribution in [2.45, 2.75) is 23.8 Å². The molecule has 130 valence electrons. The van der Waals surface area contributed by atoms with E-state index in [1.807, 2.05) is 36.4 Å². The summed E-state index contributed by atoms with van der Waals surface area (Å²) in [6, 6.07) is 20.2. The second-order valence-corrected chi connectivity index (χ2v) is 6.79. The van der Waals surface area contributed by atoms with E-state index in [1.165, 1.54) is 0 Å². The lowest BCUT2D eigenvalue weighted by Crippen LogP contribution is -2.18. The molecule has 0 N–H and O–H groups in total. The van der Waals surface area contributed by atoms with Crippen molar-refractivity contribution in [3.63, 3.8) is 0 Å². The number of thioether (sulfide) groups is 1. The number of esters is 1. The van der Waals surface area contributed by atoms with E-state index < -0.39 is 0 Å². The Bertz CT molecular complexity index is 664. The van der Waals surface area contributed by atoms with Gasteiger partial charge < -0.3 is 4.74 Å². The number of benzene rings is 2. The van der Waals surface area contributed by atoms with E-state index >= 15 is 0 Å². The van der Waals surface area contributed by atoms with Crippen LogP contribution in [0.2, 0.25) is 0 Å². The molecule has 0 amide bonds. The predicted octanol–water partition coefficient (Wildman–Crippen LogP) is 5.14. The SMILES string of the molecule is CCOC(=O)CC(CN=[N+]=[N-])SC(c1ccccc1)c1ccccc1. The molecular formula is C19H21N3O2S. The van der Waals surface area contributed by atoms with Crippen molar-refractivity contribution in [2.24, 2.45) is 5.11 Å². The van der Waals surface area contributed by atoms with E-state index in [1.54, 1.807) is 18.7 Å². The maximum atomic E-state index is 11.9. The van der Waals surface area contributed by atoms with E-state index in [0.29, 0.717) is 6.61 Å². The van der Waals surface area contributed by atoms with Gasteiger partial charge in [-0.25, -0.2) is 0 Å². The first kappa shape index (κ1) is 18.9. The van der Waals surface area contributed by atoms with Crippen LogP contribution in [-0.2, 0) is 9.53 Å². The highest BCUT2D eigenvalue weighted by Crippen LogP contribution is 2.39. The lowest BCUT2D eigenvalue weighted by molar-refractivity contribution is -0.143. The maximum absolute atomic E-state index is 11.9. The van der Waals surface area contributed by atoms with E-state index in [9.17, 15) is 4.79 Å². The minimum absolute atomic E-state index is 0.0516. The largest absolute Gasteiger partial charge is 0.466 e. The molecule has 0 fully saturated rings. The van der Waals surface area contributed by atoms with Crippen LogP contribution in [0.5, 0.6) is 0 Å². The predicted molar refractivity (Wildman–Crippen MR) is 101 cm³/mol. The van der Waals surface area contributed by atoms with Gasteiger partial charge in [0.15, 0.2) is 0 Å². The highest BCUT2D eigenvalue weighted by atomic mass is 32.2. The molecule has 0 bridgehead atoms. The molecule has 0 aromatic heterocycles. The van der Waals surface area contributed by atoms with Crippen LogP contribution in [0, 0.1) is 0 Å². The molecule has 2 aromatic carbocycles. The van der Waals surface area contributed by atoms with Crippen LogP contribution in [0.15, 0.2) is 65.8 Å². The van der Waals surface area contributed by atoms with Gasteiger partial charge in [0, 0.05) is 16.7 Å². The zero-order chi connectivity index (χ0) is 17.9. The summed E-state index contributed by atoms with van der Waals surface area (Å²) in [6.45, 7) is 2.37. The second kappa shape index (κ2) is 10.4. The molecule has 6 heteroatoms. The van der Waals surface area contributed by atoms with Gasteiger partial charge in [-0.15, -0.1) is 11.8 Å². The molecular weight excluding hydrogens is 334 g/mol. The van der Waals surface area contributed by atoms with E-state index in [0.717, 1.165) is 11.1 Å². The Morgan fingerprint density at radius 1 is 1.12 bits per heavy atom. The van der Waals surface area contributed by atoms with Crippen LogP contribution < -0.4 is 0 Å². The number of ether oxygens (including phenoxy) is 1. The van der Waals surface area contributed by atoms with E-state index in [2.05, 4.69) is 34.3 Å². The van der Waals surface area contributed by atoms with Gasteiger partial charge in [-0.05, 0) is 23.6 Å². The molecule has 25 heavy (non-hydrogen) atoms. The fourth-order valence-electron chi connectivity index (χ4n) is 2.49. The average molecular weight is 355 g/mol. The van der Waals surface area contributed by atoms with Crippen molar-refractivity contribution in [1.82, 2.24) is 0 Å². The highest BCUT2D eigenvalue weighted by Gasteiger charge is 2.22. The molecule has 1 atom stereocenters. The molecule has 0 saturated carbocycles. The van der Waals surface area contributed by atoms with Gasteiger partial charge >= 0.3 is 5.97 Å². The molecule has 5 nitrogen and oxygen atoms in total. The van der Waals surface area contributed by atoms with Crippen LogP contribution in [0.1, 0.15) is 29.7 Å². The van der Waals surface area contributed by atoms with Crippen molar-refractivity contribution in [2.75, 3.05) is 13.2 Å². The minimum Gasteiger partial charge on any atom is -0.466 e. The normalized spacial score (nSPS) is 11.6. The topological polar surface area (TPSA) is 75.1 Å². The molecule has 0 radical (unpaired) electrons. The summed E-state index contributed by atoms with van der Waals surface area (Å²) >= 11 is 1.62. The minimum atomic E-state index is -0.270. The van der Waals surface area contributed by atoms with Crippen LogP contribution in [0.25, 0.3) is 10.4 Å². The Kier molecular flexibility index (Phi) is 7.89. The van der Waals surface area contributed by atoms with Crippen LogP contribution in [-0.4, -0.2) is 24.4 Å². The smallest absolute Gasteiger partial charge is 0.306 e. The summed E-state index contributed by atoms with van der Waals surface area (Å²) in [6.07, 6.45) is 0.216. The first-order valence-corrected chi connectivity index (χ1v) is 9.10. The van der Waals surface area contributed by atoms with E-state index in [-0.39, 0.29) is 29.4 Å². The third kappa shape index (κ3) is 6.18.